The Kier molecular flexibility index (Phi) is 4.27. The van der Waals surface area contributed by atoms with Gasteiger partial charge in [-0.15, -0.1) is 15.3 Å². The number of benzene rings is 2. The summed E-state index contributed by atoms with van der Waals surface area (Å²) in [6, 6.07) is 15.9. The number of anilines is 1. The maximum atomic E-state index is 6.31. The van der Waals surface area contributed by atoms with Gasteiger partial charge in [-0.1, -0.05) is 36.4 Å². The van der Waals surface area contributed by atoms with Gasteiger partial charge in [0.05, 0.1) is 11.4 Å². The lowest BCUT2D eigenvalue weighted by atomic mass is 10.2. The highest BCUT2D eigenvalue weighted by molar-refractivity contribution is 6.67. The summed E-state index contributed by atoms with van der Waals surface area (Å²) in [6.45, 7) is 4.41. The van der Waals surface area contributed by atoms with Crippen LogP contribution in [0, 0.1) is 13.8 Å². The summed E-state index contributed by atoms with van der Waals surface area (Å²) < 4.78 is 1.72. The van der Waals surface area contributed by atoms with Gasteiger partial charge in [-0.25, -0.2) is 10.5 Å². The van der Waals surface area contributed by atoms with Crippen molar-refractivity contribution in [3.05, 3.63) is 65.5 Å². The van der Waals surface area contributed by atoms with Gasteiger partial charge in [0, 0.05) is 0 Å². The first kappa shape index (κ1) is 16.5. The first-order valence-corrected chi connectivity index (χ1v) is 8.48. The van der Waals surface area contributed by atoms with Gasteiger partial charge in [0.25, 0.3) is 0 Å². The molecular formula is C17H17ClN8. The summed E-state index contributed by atoms with van der Waals surface area (Å²) in [6.07, 6.45) is 0. The molecule has 0 spiro atoms. The maximum Gasteiger partial charge on any atom is 0.239 e. The van der Waals surface area contributed by atoms with E-state index in [1.165, 1.54) is 0 Å². The van der Waals surface area contributed by atoms with Crippen molar-refractivity contribution in [3.8, 4) is 5.69 Å². The molecular weight excluding hydrogens is 352 g/mol. The normalized spacial score (nSPS) is 14.4. The smallest absolute Gasteiger partial charge is 0.226 e. The van der Waals surface area contributed by atoms with Crippen molar-refractivity contribution in [2.24, 2.45) is 5.10 Å². The van der Waals surface area contributed by atoms with E-state index < -0.39 is 0 Å². The molecule has 0 atom stereocenters. The summed E-state index contributed by atoms with van der Waals surface area (Å²) in [5, 5.41) is 20.2. The van der Waals surface area contributed by atoms with Gasteiger partial charge in [-0.3, -0.25) is 0 Å². The van der Waals surface area contributed by atoms with E-state index in [0.717, 1.165) is 22.5 Å². The lowest BCUT2D eigenvalue weighted by Crippen LogP contribution is -2.45. The van der Waals surface area contributed by atoms with E-state index in [1.54, 1.807) is 14.8 Å². The van der Waals surface area contributed by atoms with Crippen molar-refractivity contribution in [1.82, 2.24) is 30.9 Å². The predicted molar refractivity (Wildman–Crippen MR) is 99.5 cm³/mol. The molecule has 8 nitrogen and oxygen atoms in total. The van der Waals surface area contributed by atoms with Crippen LogP contribution in [0.5, 0.6) is 0 Å². The molecule has 26 heavy (non-hydrogen) atoms. The molecule has 0 radical (unpaired) electrons. The molecule has 1 N–H and O–H groups in total. The number of nitrogens with one attached hydrogen (secondary N) is 1. The second-order valence-electron chi connectivity index (χ2n) is 5.93. The Balaban J connectivity index is 1.66. The average molecular weight is 369 g/mol. The first-order chi connectivity index (χ1) is 12.6. The van der Waals surface area contributed by atoms with Crippen LogP contribution in [0.2, 0.25) is 0 Å². The zero-order valence-corrected chi connectivity index (χ0v) is 15.1. The zero-order valence-electron chi connectivity index (χ0n) is 14.3. The van der Waals surface area contributed by atoms with Crippen molar-refractivity contribution in [1.29, 1.82) is 0 Å². The van der Waals surface area contributed by atoms with Gasteiger partial charge < -0.3 is 0 Å². The lowest BCUT2D eigenvalue weighted by molar-refractivity contribution is 0.205. The Morgan fingerprint density at radius 2 is 1.62 bits per heavy atom. The molecule has 9 heteroatoms. The number of hydrogen-bond donors (Lipinski definition) is 1. The largest absolute Gasteiger partial charge is 0.239 e. The highest BCUT2D eigenvalue weighted by Gasteiger charge is 2.29. The van der Waals surface area contributed by atoms with Crippen LogP contribution in [0.4, 0.5) is 5.69 Å². The molecule has 2 heterocycles. The molecule has 1 aliphatic heterocycles. The van der Waals surface area contributed by atoms with Crippen LogP contribution in [-0.2, 0) is 6.54 Å². The van der Waals surface area contributed by atoms with Gasteiger partial charge in [-0.05, 0) is 59.1 Å². The zero-order chi connectivity index (χ0) is 18.1. The van der Waals surface area contributed by atoms with E-state index in [2.05, 4.69) is 26.2 Å². The van der Waals surface area contributed by atoms with E-state index in [1.807, 2.05) is 62.4 Å². The van der Waals surface area contributed by atoms with Crippen LogP contribution < -0.4 is 10.5 Å². The molecule has 0 amide bonds. The van der Waals surface area contributed by atoms with Gasteiger partial charge in [0.15, 0.2) is 5.82 Å². The number of tetrazole rings is 1. The van der Waals surface area contributed by atoms with Crippen LogP contribution in [0.15, 0.2) is 53.6 Å². The van der Waals surface area contributed by atoms with Crippen LogP contribution in [-0.4, -0.2) is 30.6 Å². The van der Waals surface area contributed by atoms with Crippen LogP contribution in [0.3, 0.4) is 0 Å². The molecule has 0 fully saturated rings. The minimum Gasteiger partial charge on any atom is -0.226 e. The van der Waals surface area contributed by atoms with Crippen molar-refractivity contribution >= 4 is 22.6 Å². The van der Waals surface area contributed by atoms with Crippen molar-refractivity contribution in [2.45, 2.75) is 20.4 Å². The molecule has 4 rings (SSSR count). The highest BCUT2D eigenvalue weighted by Crippen LogP contribution is 2.25. The Hall–Kier alpha value is -2.97. The average Bonchev–Trinajstić information content (AvgIpc) is 3.23. The molecule has 3 aromatic rings. The van der Waals surface area contributed by atoms with E-state index in [-0.39, 0.29) is 0 Å². The maximum absolute atomic E-state index is 6.31. The van der Waals surface area contributed by atoms with E-state index in [0.29, 0.717) is 17.7 Å². The van der Waals surface area contributed by atoms with E-state index in [9.17, 15) is 0 Å². The first-order valence-electron chi connectivity index (χ1n) is 8.10. The fourth-order valence-electron chi connectivity index (χ4n) is 2.85. The molecule has 0 bridgehead atoms. The fourth-order valence-corrected chi connectivity index (χ4v) is 3.07. The second-order valence-corrected chi connectivity index (χ2v) is 6.27. The van der Waals surface area contributed by atoms with Crippen LogP contribution in [0.25, 0.3) is 5.69 Å². The summed E-state index contributed by atoms with van der Waals surface area (Å²) in [4.78, 5) is 0. The van der Waals surface area contributed by atoms with Crippen LogP contribution in [0.1, 0.15) is 17.0 Å². The number of nitrogens with zero attached hydrogens (tertiary/aromatic N) is 7. The Labute approximate surface area is 155 Å². The second kappa shape index (κ2) is 6.74. The van der Waals surface area contributed by atoms with Gasteiger partial charge in [0.1, 0.15) is 6.54 Å². The standard InChI is InChI=1S/C17H17ClN8/c1-12-7-3-5-9-14(12)25-16(19-21-23-25)11-24-22-20-17(18)26(24)15-10-6-4-8-13(15)2/h3-10,22H,11H2,1-2H3. The number of para-hydroxylation sites is 2. The number of amidine groups is 1. The molecule has 0 saturated heterocycles. The predicted octanol–water partition coefficient (Wildman–Crippen LogP) is 2.53. The number of hydrazine groups is 2. The molecule has 2 aromatic carbocycles. The summed E-state index contributed by atoms with van der Waals surface area (Å²) in [5.41, 5.74) is 6.94. The Morgan fingerprint density at radius 1 is 0.962 bits per heavy atom. The third-order valence-electron chi connectivity index (χ3n) is 4.19. The molecule has 1 aliphatic rings. The number of rotatable bonds is 4. The van der Waals surface area contributed by atoms with Crippen molar-refractivity contribution in [2.75, 3.05) is 5.01 Å². The lowest BCUT2D eigenvalue weighted by Gasteiger charge is -2.28. The number of hydrazone groups is 1. The summed E-state index contributed by atoms with van der Waals surface area (Å²) in [7, 11) is 0. The minimum atomic E-state index is 0.328. The number of halogens is 1. The summed E-state index contributed by atoms with van der Waals surface area (Å²) >= 11 is 6.31. The highest BCUT2D eigenvalue weighted by atomic mass is 35.5. The third kappa shape index (κ3) is 2.89. The number of aromatic nitrogens is 4. The molecule has 0 saturated carbocycles. The Morgan fingerprint density at radius 3 is 2.31 bits per heavy atom. The van der Waals surface area contributed by atoms with Crippen molar-refractivity contribution < 1.29 is 0 Å². The number of aryl methyl sites for hydroxylation is 2. The summed E-state index contributed by atoms with van der Waals surface area (Å²) in [5.74, 6) is 0.659. The monoisotopic (exact) mass is 368 g/mol. The molecule has 0 aliphatic carbocycles. The third-order valence-corrected chi connectivity index (χ3v) is 4.43. The molecule has 132 valence electrons. The topological polar surface area (TPSA) is 74.5 Å². The fraction of sp³-hybridized carbons (Fsp3) is 0.176. The van der Waals surface area contributed by atoms with Crippen molar-refractivity contribution in [3.63, 3.8) is 0 Å². The SMILES string of the molecule is Cc1ccccc1N1C(Cl)=NNN1Cc1nnnn1-c1ccccc1C. The van der Waals surface area contributed by atoms with E-state index in [4.69, 9.17) is 11.6 Å². The van der Waals surface area contributed by atoms with Gasteiger partial charge in [-0.2, -0.15) is 4.68 Å². The Bertz CT molecular complexity index is 967. The van der Waals surface area contributed by atoms with E-state index >= 15 is 0 Å². The number of hydrogen-bond acceptors (Lipinski definition) is 7. The molecule has 0 unspecified atom stereocenters. The molecule has 1 aromatic heterocycles. The van der Waals surface area contributed by atoms with Crippen LogP contribution >= 0.6 is 11.6 Å². The minimum absolute atomic E-state index is 0.328. The van der Waals surface area contributed by atoms with Gasteiger partial charge >= 0.3 is 0 Å². The quantitative estimate of drug-likeness (QED) is 0.713. The van der Waals surface area contributed by atoms with Gasteiger partial charge in [0.2, 0.25) is 5.29 Å².